The van der Waals surface area contributed by atoms with E-state index in [-0.39, 0.29) is 5.91 Å². The smallest absolute Gasteiger partial charge is 0.234 e. The van der Waals surface area contributed by atoms with Gasteiger partial charge in [-0.05, 0) is 43.0 Å². The van der Waals surface area contributed by atoms with Crippen LogP contribution in [0.25, 0.3) is 0 Å². The van der Waals surface area contributed by atoms with E-state index >= 15 is 0 Å². The van der Waals surface area contributed by atoms with Crippen molar-refractivity contribution in [3.63, 3.8) is 0 Å². The molecule has 0 spiro atoms. The first-order chi connectivity index (χ1) is 10.3. The molecule has 1 fully saturated rings. The fourth-order valence-corrected chi connectivity index (χ4v) is 2.29. The number of rotatable bonds is 6. The molecule has 1 aliphatic heterocycles. The van der Waals surface area contributed by atoms with Gasteiger partial charge in [-0.15, -0.1) is 0 Å². The van der Waals surface area contributed by atoms with E-state index in [9.17, 15) is 4.79 Å². The van der Waals surface area contributed by atoms with E-state index in [0.717, 1.165) is 35.9 Å². The van der Waals surface area contributed by atoms with Crippen molar-refractivity contribution in [2.24, 2.45) is 5.92 Å². The Morgan fingerprint density at radius 3 is 2.81 bits per heavy atom. The van der Waals surface area contributed by atoms with Crippen LogP contribution in [0.2, 0.25) is 0 Å². The molecule has 0 radical (unpaired) electrons. The predicted molar refractivity (Wildman–Crippen MR) is 79.5 cm³/mol. The summed E-state index contributed by atoms with van der Waals surface area (Å²) in [5.74, 6) is 2.38. The monoisotopic (exact) mass is 290 g/mol. The lowest BCUT2D eigenvalue weighted by molar-refractivity contribution is -0.120. The molecule has 2 aliphatic rings. The van der Waals surface area contributed by atoms with Crippen LogP contribution in [-0.4, -0.2) is 32.2 Å². The summed E-state index contributed by atoms with van der Waals surface area (Å²) in [5.41, 5.74) is 1.02. The first kappa shape index (κ1) is 14.2. The molecule has 21 heavy (non-hydrogen) atoms. The van der Waals surface area contributed by atoms with Crippen molar-refractivity contribution in [3.05, 3.63) is 23.8 Å². The van der Waals surface area contributed by atoms with E-state index in [2.05, 4.69) is 10.6 Å². The number of amides is 1. The number of hydrogen-bond donors (Lipinski definition) is 2. The van der Waals surface area contributed by atoms with Gasteiger partial charge in [0, 0.05) is 13.0 Å². The molecule has 5 heteroatoms. The molecule has 3 rings (SSSR count). The standard InChI is InChI=1S/C16H22N2O3/c19-16(11-17-9-12-2-3-12)18-10-13-4-5-14-15(8-13)21-7-1-6-20-14/h4-5,8,12,17H,1-3,6-7,9-11H2,(H,18,19). The molecule has 0 bridgehead atoms. The minimum Gasteiger partial charge on any atom is -0.490 e. The maximum absolute atomic E-state index is 11.7. The lowest BCUT2D eigenvalue weighted by Gasteiger charge is -2.10. The maximum Gasteiger partial charge on any atom is 0.234 e. The Morgan fingerprint density at radius 2 is 2.00 bits per heavy atom. The van der Waals surface area contributed by atoms with Gasteiger partial charge in [-0.3, -0.25) is 4.79 Å². The molecular weight excluding hydrogens is 268 g/mol. The number of carbonyl (C=O) groups is 1. The van der Waals surface area contributed by atoms with Gasteiger partial charge < -0.3 is 20.1 Å². The minimum absolute atomic E-state index is 0.0303. The number of benzene rings is 1. The lowest BCUT2D eigenvalue weighted by atomic mass is 10.2. The summed E-state index contributed by atoms with van der Waals surface area (Å²) in [6.45, 7) is 3.22. The van der Waals surface area contributed by atoms with Crippen molar-refractivity contribution in [2.75, 3.05) is 26.3 Å². The molecule has 1 aliphatic carbocycles. The molecule has 1 saturated carbocycles. The Hall–Kier alpha value is -1.75. The van der Waals surface area contributed by atoms with Gasteiger partial charge in [0.25, 0.3) is 0 Å². The van der Waals surface area contributed by atoms with Crippen LogP contribution in [0.3, 0.4) is 0 Å². The Labute approximate surface area is 125 Å². The molecule has 5 nitrogen and oxygen atoms in total. The Bertz CT molecular complexity index is 500. The fraction of sp³-hybridized carbons (Fsp3) is 0.562. The third-order valence-electron chi connectivity index (χ3n) is 3.72. The highest BCUT2D eigenvalue weighted by molar-refractivity contribution is 5.78. The maximum atomic E-state index is 11.7. The van der Waals surface area contributed by atoms with Crippen molar-refractivity contribution < 1.29 is 14.3 Å². The summed E-state index contributed by atoms with van der Waals surface area (Å²) in [7, 11) is 0. The summed E-state index contributed by atoms with van der Waals surface area (Å²) in [6, 6.07) is 5.82. The first-order valence-corrected chi connectivity index (χ1v) is 7.67. The highest BCUT2D eigenvalue weighted by atomic mass is 16.5. The predicted octanol–water partition coefficient (Wildman–Crippen LogP) is 1.46. The SMILES string of the molecule is O=C(CNCC1CC1)NCc1ccc2c(c1)OCCCO2. The summed E-state index contributed by atoms with van der Waals surface area (Å²) < 4.78 is 11.2. The molecule has 1 heterocycles. The van der Waals surface area contributed by atoms with Crippen LogP contribution in [0.5, 0.6) is 11.5 Å². The molecule has 1 amide bonds. The zero-order valence-corrected chi connectivity index (χ0v) is 12.2. The highest BCUT2D eigenvalue weighted by Crippen LogP contribution is 2.30. The van der Waals surface area contributed by atoms with Crippen LogP contribution in [0.15, 0.2) is 18.2 Å². The van der Waals surface area contributed by atoms with Crippen LogP contribution in [0.1, 0.15) is 24.8 Å². The van der Waals surface area contributed by atoms with Gasteiger partial charge in [-0.1, -0.05) is 6.07 Å². The fourth-order valence-electron chi connectivity index (χ4n) is 2.29. The van der Waals surface area contributed by atoms with E-state index in [1.165, 1.54) is 12.8 Å². The normalized spacial score (nSPS) is 17.1. The highest BCUT2D eigenvalue weighted by Gasteiger charge is 2.20. The third kappa shape index (κ3) is 4.36. The first-order valence-electron chi connectivity index (χ1n) is 7.67. The average molecular weight is 290 g/mol. The van der Waals surface area contributed by atoms with Gasteiger partial charge in [-0.25, -0.2) is 0 Å². The molecular formula is C16H22N2O3. The van der Waals surface area contributed by atoms with E-state index < -0.39 is 0 Å². The zero-order chi connectivity index (χ0) is 14.5. The van der Waals surface area contributed by atoms with E-state index in [0.29, 0.717) is 26.3 Å². The Morgan fingerprint density at radius 1 is 1.19 bits per heavy atom. The Balaban J connectivity index is 1.45. The van der Waals surface area contributed by atoms with E-state index in [4.69, 9.17) is 9.47 Å². The minimum atomic E-state index is 0.0303. The summed E-state index contributed by atoms with van der Waals surface area (Å²) in [6.07, 6.45) is 3.49. The molecule has 2 N–H and O–H groups in total. The molecule has 0 saturated heterocycles. The van der Waals surface area contributed by atoms with Gasteiger partial charge in [0.15, 0.2) is 11.5 Å². The van der Waals surface area contributed by atoms with Gasteiger partial charge in [0.05, 0.1) is 19.8 Å². The van der Waals surface area contributed by atoms with Crippen molar-refractivity contribution in [2.45, 2.75) is 25.8 Å². The van der Waals surface area contributed by atoms with Crippen LogP contribution < -0.4 is 20.1 Å². The molecule has 1 aromatic rings. The molecule has 1 aromatic carbocycles. The number of fused-ring (bicyclic) bond motifs is 1. The summed E-state index contributed by atoms with van der Waals surface area (Å²) >= 11 is 0. The van der Waals surface area contributed by atoms with Gasteiger partial charge in [-0.2, -0.15) is 0 Å². The van der Waals surface area contributed by atoms with Crippen molar-refractivity contribution in [1.29, 1.82) is 0 Å². The van der Waals surface area contributed by atoms with Crippen LogP contribution in [0.4, 0.5) is 0 Å². The average Bonchev–Trinajstić information content (AvgIpc) is 3.31. The molecule has 0 unspecified atom stereocenters. The summed E-state index contributed by atoms with van der Waals surface area (Å²) in [4.78, 5) is 11.7. The van der Waals surface area contributed by atoms with Gasteiger partial charge in [0.2, 0.25) is 5.91 Å². The molecule has 0 atom stereocenters. The van der Waals surface area contributed by atoms with E-state index in [1.807, 2.05) is 18.2 Å². The van der Waals surface area contributed by atoms with Crippen LogP contribution >= 0.6 is 0 Å². The second-order valence-corrected chi connectivity index (χ2v) is 5.68. The number of carbonyl (C=O) groups excluding carboxylic acids is 1. The van der Waals surface area contributed by atoms with Gasteiger partial charge in [0.1, 0.15) is 0 Å². The third-order valence-corrected chi connectivity index (χ3v) is 3.72. The number of hydrogen-bond acceptors (Lipinski definition) is 4. The molecule has 114 valence electrons. The summed E-state index contributed by atoms with van der Waals surface area (Å²) in [5, 5.41) is 6.10. The quantitative estimate of drug-likeness (QED) is 0.833. The second-order valence-electron chi connectivity index (χ2n) is 5.68. The lowest BCUT2D eigenvalue weighted by Crippen LogP contribution is -2.34. The largest absolute Gasteiger partial charge is 0.490 e. The van der Waals surface area contributed by atoms with E-state index in [1.54, 1.807) is 0 Å². The topological polar surface area (TPSA) is 59.6 Å². The van der Waals surface area contributed by atoms with Gasteiger partial charge >= 0.3 is 0 Å². The zero-order valence-electron chi connectivity index (χ0n) is 12.2. The number of ether oxygens (including phenoxy) is 2. The Kier molecular flexibility index (Phi) is 4.60. The molecule has 0 aromatic heterocycles. The van der Waals surface area contributed by atoms with Crippen LogP contribution in [0, 0.1) is 5.92 Å². The number of nitrogens with one attached hydrogen (secondary N) is 2. The second kappa shape index (κ2) is 6.80. The van der Waals surface area contributed by atoms with Crippen molar-refractivity contribution in [3.8, 4) is 11.5 Å². The van der Waals surface area contributed by atoms with Crippen molar-refractivity contribution >= 4 is 5.91 Å². The van der Waals surface area contributed by atoms with Crippen LogP contribution in [-0.2, 0) is 11.3 Å². The van der Waals surface area contributed by atoms with Crippen molar-refractivity contribution in [1.82, 2.24) is 10.6 Å².